The van der Waals surface area contributed by atoms with Gasteiger partial charge in [-0.2, -0.15) is 0 Å². The molecule has 0 unspecified atom stereocenters. The van der Waals surface area contributed by atoms with Gasteiger partial charge in [-0.1, -0.05) is 103 Å². The van der Waals surface area contributed by atoms with E-state index in [4.69, 9.17) is 0 Å². The molecule has 0 spiro atoms. The Morgan fingerprint density at radius 3 is 1.28 bits per heavy atom. The predicted molar refractivity (Wildman–Crippen MR) is 171 cm³/mol. The number of unbranched alkanes of at least 4 members (excludes halogenated alkanes) is 6. The topological polar surface area (TPSA) is 0 Å². The van der Waals surface area contributed by atoms with Crippen molar-refractivity contribution in [2.45, 2.75) is 117 Å². The molecule has 0 fully saturated rings. The molecule has 0 radical (unpaired) electrons. The molecule has 194 valence electrons. The Morgan fingerprint density at radius 1 is 0.556 bits per heavy atom. The molecule has 0 saturated heterocycles. The summed E-state index contributed by atoms with van der Waals surface area (Å²) in [6.45, 7) is 18.4. The number of thiophene rings is 2. The molecule has 0 nitrogen and oxygen atoms in total. The summed E-state index contributed by atoms with van der Waals surface area (Å²) in [5.74, 6) is 14.2. The molecule has 0 saturated carbocycles. The lowest BCUT2D eigenvalue weighted by atomic mass is 10.1. The summed E-state index contributed by atoms with van der Waals surface area (Å²) >= 11 is 3.58. The van der Waals surface area contributed by atoms with E-state index >= 15 is 0 Å². The Morgan fingerprint density at radius 2 is 0.944 bits per heavy atom. The molecule has 4 heteroatoms. The molecule has 0 bridgehead atoms. The molecule has 2 aromatic heterocycles. The Balaban J connectivity index is 2.38. The summed E-state index contributed by atoms with van der Waals surface area (Å²) in [7, 11) is -2.80. The van der Waals surface area contributed by atoms with Crippen molar-refractivity contribution in [3.63, 3.8) is 0 Å². The van der Waals surface area contributed by atoms with Gasteiger partial charge in [0.25, 0.3) is 0 Å². The number of hydrogen-bond donors (Lipinski definition) is 0. The smallest absolute Gasteiger partial charge is 0.126 e. The van der Waals surface area contributed by atoms with Crippen LogP contribution in [0, 0.1) is 34.8 Å². The Bertz CT molecular complexity index is 1060. The highest BCUT2D eigenvalue weighted by molar-refractivity contribution is 7.14. The summed E-state index contributed by atoms with van der Waals surface area (Å²) < 4.78 is 0. The van der Waals surface area contributed by atoms with Gasteiger partial charge in [0.1, 0.15) is 16.1 Å². The van der Waals surface area contributed by atoms with Gasteiger partial charge >= 0.3 is 0 Å². The van der Waals surface area contributed by atoms with E-state index in [2.05, 4.69) is 100 Å². The van der Waals surface area contributed by atoms with Crippen LogP contribution < -0.4 is 0 Å². The van der Waals surface area contributed by atoms with Crippen LogP contribution in [-0.2, 0) is 12.8 Å². The van der Waals surface area contributed by atoms with Gasteiger partial charge in [0.2, 0.25) is 0 Å². The third kappa shape index (κ3) is 12.2. The van der Waals surface area contributed by atoms with E-state index in [-0.39, 0.29) is 0 Å². The van der Waals surface area contributed by atoms with Gasteiger partial charge in [0.15, 0.2) is 0 Å². The molecule has 0 aliphatic heterocycles. The van der Waals surface area contributed by atoms with Crippen molar-refractivity contribution in [3.8, 4) is 34.8 Å². The Kier molecular flexibility index (Phi) is 12.9. The van der Waals surface area contributed by atoms with Crippen LogP contribution in [0.25, 0.3) is 0 Å². The average Bonchev–Trinajstić information content (AvgIpc) is 3.38. The second-order valence-corrected chi connectivity index (χ2v) is 23.4. The quantitative estimate of drug-likeness (QED) is 0.157. The second kappa shape index (κ2) is 15.1. The number of rotatable bonds is 10. The normalized spacial score (nSPS) is 11.2. The van der Waals surface area contributed by atoms with Crippen LogP contribution in [0.15, 0.2) is 12.1 Å². The minimum atomic E-state index is -1.40. The highest BCUT2D eigenvalue weighted by atomic mass is 32.1. The fourth-order valence-corrected chi connectivity index (χ4v) is 6.70. The fraction of sp³-hybridized carbons (Fsp3) is 0.562. The van der Waals surface area contributed by atoms with E-state index in [1.165, 1.54) is 82.0 Å². The Labute approximate surface area is 232 Å². The SMILES string of the molecule is CCCCCCc1cc(C#C[Si](C)(C)C)sc1C#Cc1sc(C#C[Si](C)(C)C)cc1CCCCCC. The first-order chi connectivity index (χ1) is 17.0. The van der Waals surface area contributed by atoms with Crippen LogP contribution in [-0.4, -0.2) is 16.1 Å². The van der Waals surface area contributed by atoms with Crippen LogP contribution in [0.3, 0.4) is 0 Å². The lowest BCUT2D eigenvalue weighted by molar-refractivity contribution is 0.667. The zero-order chi connectivity index (χ0) is 26.6. The summed E-state index contributed by atoms with van der Waals surface area (Å²) in [6.07, 6.45) is 12.4. The molecule has 2 aromatic rings. The summed E-state index contributed by atoms with van der Waals surface area (Å²) in [6, 6.07) is 4.64. The molecule has 2 heterocycles. The van der Waals surface area contributed by atoms with Crippen molar-refractivity contribution in [2.24, 2.45) is 0 Å². The van der Waals surface area contributed by atoms with E-state index in [0.29, 0.717) is 0 Å². The third-order valence-corrected chi connectivity index (χ3v) is 9.39. The van der Waals surface area contributed by atoms with Gasteiger partial charge < -0.3 is 0 Å². The van der Waals surface area contributed by atoms with Crippen LogP contribution in [0.5, 0.6) is 0 Å². The minimum absolute atomic E-state index is 1.11. The highest BCUT2D eigenvalue weighted by Crippen LogP contribution is 2.26. The van der Waals surface area contributed by atoms with E-state index in [1.54, 1.807) is 22.7 Å². The van der Waals surface area contributed by atoms with Crippen molar-refractivity contribution < 1.29 is 0 Å². The molecule has 0 aromatic carbocycles. The van der Waals surface area contributed by atoms with Gasteiger partial charge in [0.05, 0.1) is 19.5 Å². The third-order valence-electron chi connectivity index (χ3n) is 5.63. The molecule has 0 atom stereocenters. The zero-order valence-electron chi connectivity index (χ0n) is 24.0. The maximum atomic E-state index is 3.60. The van der Waals surface area contributed by atoms with Crippen molar-refractivity contribution in [2.75, 3.05) is 0 Å². The predicted octanol–water partition coefficient (Wildman–Crippen LogP) is 9.91. The number of aryl methyl sites for hydroxylation is 2. The van der Waals surface area contributed by atoms with E-state index < -0.39 is 16.1 Å². The Hall–Kier alpha value is -1.49. The lowest BCUT2D eigenvalue weighted by Gasteiger charge is -2.02. The van der Waals surface area contributed by atoms with Gasteiger partial charge in [-0.05, 0) is 60.8 Å². The second-order valence-electron chi connectivity index (χ2n) is 11.8. The van der Waals surface area contributed by atoms with E-state index in [0.717, 1.165) is 12.8 Å². The first kappa shape index (κ1) is 30.7. The van der Waals surface area contributed by atoms with Gasteiger partial charge in [-0.15, -0.1) is 33.8 Å². The van der Waals surface area contributed by atoms with Gasteiger partial charge in [0, 0.05) is 0 Å². The fourth-order valence-electron chi connectivity index (χ4n) is 3.66. The van der Waals surface area contributed by atoms with Crippen LogP contribution in [0.2, 0.25) is 39.3 Å². The van der Waals surface area contributed by atoms with Crippen LogP contribution in [0.1, 0.15) is 95.8 Å². The first-order valence-electron chi connectivity index (χ1n) is 13.8. The van der Waals surface area contributed by atoms with Gasteiger partial charge in [-0.25, -0.2) is 0 Å². The standard InChI is InChI=1S/C32H46S2Si2/c1-9-11-13-15-17-27-25-29(21-23-35(3,4)5)33-31(27)19-20-32-28(18-16-14-12-10-2)26-30(34-32)22-24-36(6,7)8/h25-26H,9-18H2,1-8H3. The molecular formula is C32H46S2Si2. The lowest BCUT2D eigenvalue weighted by Crippen LogP contribution is -2.16. The largest absolute Gasteiger partial charge is 0.129 e. The summed E-state index contributed by atoms with van der Waals surface area (Å²) in [5, 5.41) is 0. The maximum absolute atomic E-state index is 3.60. The highest BCUT2D eigenvalue weighted by Gasteiger charge is 2.12. The summed E-state index contributed by atoms with van der Waals surface area (Å²) in [4.78, 5) is 4.79. The van der Waals surface area contributed by atoms with Crippen molar-refractivity contribution in [3.05, 3.63) is 42.8 Å². The molecule has 0 aliphatic rings. The molecule has 2 rings (SSSR count). The first-order valence-corrected chi connectivity index (χ1v) is 22.5. The number of hydrogen-bond acceptors (Lipinski definition) is 2. The minimum Gasteiger partial charge on any atom is -0.126 e. The summed E-state index contributed by atoms with van der Waals surface area (Å²) in [5.41, 5.74) is 9.87. The van der Waals surface area contributed by atoms with Crippen molar-refractivity contribution >= 4 is 38.8 Å². The van der Waals surface area contributed by atoms with E-state index in [9.17, 15) is 0 Å². The molecule has 0 aliphatic carbocycles. The van der Waals surface area contributed by atoms with Gasteiger partial charge in [-0.3, -0.25) is 0 Å². The van der Waals surface area contributed by atoms with Crippen molar-refractivity contribution in [1.82, 2.24) is 0 Å². The van der Waals surface area contributed by atoms with Crippen LogP contribution >= 0.6 is 22.7 Å². The maximum Gasteiger partial charge on any atom is 0.129 e. The van der Waals surface area contributed by atoms with Crippen molar-refractivity contribution in [1.29, 1.82) is 0 Å². The molecular weight excluding hydrogens is 505 g/mol. The van der Waals surface area contributed by atoms with Crippen LogP contribution in [0.4, 0.5) is 0 Å². The molecule has 0 amide bonds. The van der Waals surface area contributed by atoms with E-state index in [1.807, 2.05) is 0 Å². The average molecular weight is 551 g/mol. The zero-order valence-corrected chi connectivity index (χ0v) is 27.7. The monoisotopic (exact) mass is 550 g/mol. The molecule has 0 N–H and O–H groups in total. The molecule has 36 heavy (non-hydrogen) atoms.